The molecular weight excluding hydrogens is 212 g/mol. The van der Waals surface area contributed by atoms with Crippen molar-refractivity contribution in [2.24, 2.45) is 0 Å². The molecular formula is C12H19ClS. The molecule has 1 aromatic heterocycles. The van der Waals surface area contributed by atoms with Crippen molar-refractivity contribution in [2.45, 2.75) is 50.8 Å². The monoisotopic (exact) mass is 230 g/mol. The molecule has 0 aromatic carbocycles. The van der Waals surface area contributed by atoms with Crippen molar-refractivity contribution in [1.82, 2.24) is 0 Å². The average molecular weight is 231 g/mol. The van der Waals surface area contributed by atoms with Crippen LogP contribution in [0.25, 0.3) is 0 Å². The molecule has 2 heteroatoms. The molecule has 80 valence electrons. The third-order valence-electron chi connectivity index (χ3n) is 2.41. The van der Waals surface area contributed by atoms with E-state index in [0.717, 1.165) is 12.8 Å². The predicted octanol–water partition coefficient (Wildman–Crippen LogP) is 4.87. The summed E-state index contributed by atoms with van der Waals surface area (Å²) in [5.74, 6) is 0. The summed E-state index contributed by atoms with van der Waals surface area (Å²) < 4.78 is 0. The molecule has 0 fully saturated rings. The molecule has 0 amide bonds. The fraction of sp³-hybridized carbons (Fsp3) is 0.667. The van der Waals surface area contributed by atoms with Crippen LogP contribution in [0.15, 0.2) is 16.8 Å². The number of halogens is 1. The first-order valence-electron chi connectivity index (χ1n) is 5.48. The van der Waals surface area contributed by atoms with Crippen molar-refractivity contribution in [3.63, 3.8) is 0 Å². The van der Waals surface area contributed by atoms with E-state index in [1.54, 1.807) is 11.3 Å². The Hall–Kier alpha value is -0.0100. The highest BCUT2D eigenvalue weighted by Gasteiger charge is 2.05. The first-order chi connectivity index (χ1) is 6.83. The summed E-state index contributed by atoms with van der Waals surface area (Å²) in [5.41, 5.74) is 1.39. The normalized spacial score (nSPS) is 13.0. The van der Waals surface area contributed by atoms with Gasteiger partial charge in [-0.2, -0.15) is 11.3 Å². The van der Waals surface area contributed by atoms with E-state index in [2.05, 4.69) is 23.8 Å². The van der Waals surface area contributed by atoms with Crippen LogP contribution in [-0.2, 0) is 6.42 Å². The second kappa shape index (κ2) is 7.30. The van der Waals surface area contributed by atoms with Gasteiger partial charge in [-0.15, -0.1) is 11.6 Å². The second-order valence-electron chi connectivity index (χ2n) is 3.78. The van der Waals surface area contributed by atoms with E-state index in [0.29, 0.717) is 5.38 Å². The number of alkyl halides is 1. The molecule has 0 radical (unpaired) electrons. The Balaban J connectivity index is 2.07. The van der Waals surface area contributed by atoms with Crippen molar-refractivity contribution >= 4 is 22.9 Å². The van der Waals surface area contributed by atoms with Crippen molar-refractivity contribution in [1.29, 1.82) is 0 Å². The van der Waals surface area contributed by atoms with Crippen molar-refractivity contribution in [2.75, 3.05) is 0 Å². The number of unbranched alkanes of at least 4 members (excludes halogenated alkanes) is 3. The van der Waals surface area contributed by atoms with Gasteiger partial charge in [0.15, 0.2) is 0 Å². The third-order valence-corrected chi connectivity index (χ3v) is 3.51. The van der Waals surface area contributed by atoms with Crippen LogP contribution in [0.5, 0.6) is 0 Å². The number of hydrogen-bond acceptors (Lipinski definition) is 1. The maximum Gasteiger partial charge on any atom is 0.0376 e. The lowest BCUT2D eigenvalue weighted by atomic mass is 10.1. The fourth-order valence-corrected chi connectivity index (χ4v) is 2.57. The van der Waals surface area contributed by atoms with Gasteiger partial charge >= 0.3 is 0 Å². The summed E-state index contributed by atoms with van der Waals surface area (Å²) in [6.45, 7) is 2.24. The van der Waals surface area contributed by atoms with Gasteiger partial charge in [0.05, 0.1) is 0 Å². The van der Waals surface area contributed by atoms with Crippen LogP contribution >= 0.6 is 22.9 Å². The van der Waals surface area contributed by atoms with Crippen molar-refractivity contribution in [3.8, 4) is 0 Å². The minimum Gasteiger partial charge on any atom is -0.152 e. The average Bonchev–Trinajstić information content (AvgIpc) is 2.65. The molecule has 14 heavy (non-hydrogen) atoms. The van der Waals surface area contributed by atoms with Gasteiger partial charge in [-0.1, -0.05) is 32.6 Å². The topological polar surface area (TPSA) is 0 Å². The van der Waals surface area contributed by atoms with Crippen LogP contribution in [-0.4, -0.2) is 5.38 Å². The second-order valence-corrected chi connectivity index (χ2v) is 5.18. The Morgan fingerprint density at radius 2 is 2.21 bits per heavy atom. The lowest BCUT2D eigenvalue weighted by Crippen LogP contribution is -2.02. The minimum atomic E-state index is 0.335. The molecule has 0 saturated carbocycles. The van der Waals surface area contributed by atoms with Crippen LogP contribution in [0, 0.1) is 0 Å². The van der Waals surface area contributed by atoms with E-state index < -0.39 is 0 Å². The van der Waals surface area contributed by atoms with Gasteiger partial charge in [0.1, 0.15) is 0 Å². The van der Waals surface area contributed by atoms with E-state index in [-0.39, 0.29) is 0 Å². The zero-order valence-corrected chi connectivity index (χ0v) is 10.4. The van der Waals surface area contributed by atoms with E-state index >= 15 is 0 Å². The number of hydrogen-bond donors (Lipinski definition) is 0. The van der Waals surface area contributed by atoms with Crippen molar-refractivity contribution in [3.05, 3.63) is 22.4 Å². The SMILES string of the molecule is CCCCCCC(Cl)Cc1ccsc1. The summed E-state index contributed by atoms with van der Waals surface area (Å²) in [4.78, 5) is 0. The molecule has 0 aliphatic rings. The Bertz CT molecular complexity index is 218. The molecule has 1 heterocycles. The molecule has 1 aromatic rings. The Kier molecular flexibility index (Phi) is 6.29. The summed E-state index contributed by atoms with van der Waals surface area (Å²) >= 11 is 8.01. The highest BCUT2D eigenvalue weighted by Crippen LogP contribution is 2.17. The lowest BCUT2D eigenvalue weighted by Gasteiger charge is -2.07. The standard InChI is InChI=1S/C12H19ClS/c1-2-3-4-5-6-12(13)9-11-7-8-14-10-11/h7-8,10,12H,2-6,9H2,1H3. The Morgan fingerprint density at radius 1 is 1.36 bits per heavy atom. The van der Waals surface area contributed by atoms with E-state index in [1.807, 2.05) is 0 Å². The maximum absolute atomic E-state index is 6.26. The van der Waals surface area contributed by atoms with E-state index in [4.69, 9.17) is 11.6 Å². The predicted molar refractivity (Wildman–Crippen MR) is 66.4 cm³/mol. The molecule has 1 rings (SSSR count). The van der Waals surface area contributed by atoms with Crippen LogP contribution in [0.2, 0.25) is 0 Å². The maximum atomic E-state index is 6.26. The zero-order valence-electron chi connectivity index (χ0n) is 8.84. The summed E-state index contributed by atoms with van der Waals surface area (Å²) in [6.07, 6.45) is 7.48. The van der Waals surface area contributed by atoms with Gasteiger partial charge in [-0.25, -0.2) is 0 Å². The molecule has 1 atom stereocenters. The van der Waals surface area contributed by atoms with Gasteiger partial charge in [0.2, 0.25) is 0 Å². The lowest BCUT2D eigenvalue weighted by molar-refractivity contribution is 0.612. The van der Waals surface area contributed by atoms with Gasteiger partial charge in [0, 0.05) is 5.38 Å². The molecule has 0 aliphatic carbocycles. The molecule has 0 bridgehead atoms. The largest absolute Gasteiger partial charge is 0.152 e. The first kappa shape index (κ1) is 12.1. The first-order valence-corrected chi connectivity index (χ1v) is 6.86. The quantitative estimate of drug-likeness (QED) is 0.463. The third kappa shape index (κ3) is 5.02. The van der Waals surface area contributed by atoms with E-state index in [9.17, 15) is 0 Å². The van der Waals surface area contributed by atoms with Crippen molar-refractivity contribution < 1.29 is 0 Å². The number of rotatable bonds is 7. The molecule has 0 saturated heterocycles. The summed E-state index contributed by atoms with van der Waals surface area (Å²) in [5, 5.41) is 4.65. The highest BCUT2D eigenvalue weighted by atomic mass is 35.5. The van der Waals surface area contributed by atoms with Gasteiger partial charge in [0.25, 0.3) is 0 Å². The van der Waals surface area contributed by atoms with E-state index in [1.165, 1.54) is 31.2 Å². The van der Waals surface area contributed by atoms with Crippen LogP contribution < -0.4 is 0 Å². The molecule has 0 spiro atoms. The summed E-state index contributed by atoms with van der Waals surface area (Å²) in [7, 11) is 0. The zero-order chi connectivity index (χ0) is 10.2. The van der Waals surface area contributed by atoms with Gasteiger partial charge < -0.3 is 0 Å². The smallest absolute Gasteiger partial charge is 0.0376 e. The van der Waals surface area contributed by atoms with Gasteiger partial charge in [-0.05, 0) is 35.2 Å². The highest BCUT2D eigenvalue weighted by molar-refractivity contribution is 7.07. The molecule has 1 unspecified atom stereocenters. The van der Waals surface area contributed by atoms with Crippen LogP contribution in [0.3, 0.4) is 0 Å². The molecule has 0 aliphatic heterocycles. The van der Waals surface area contributed by atoms with Crippen LogP contribution in [0.1, 0.15) is 44.6 Å². The fourth-order valence-electron chi connectivity index (χ4n) is 1.56. The molecule has 0 nitrogen and oxygen atoms in total. The minimum absolute atomic E-state index is 0.335. The summed E-state index contributed by atoms with van der Waals surface area (Å²) in [6, 6.07) is 2.17. The molecule has 0 N–H and O–H groups in total. The number of thiophene rings is 1. The Labute approximate surface area is 96.3 Å². The van der Waals surface area contributed by atoms with Gasteiger partial charge in [-0.3, -0.25) is 0 Å². The van der Waals surface area contributed by atoms with Crippen LogP contribution in [0.4, 0.5) is 0 Å². The Morgan fingerprint density at radius 3 is 2.86 bits per heavy atom.